The van der Waals surface area contributed by atoms with Crippen LogP contribution in [0, 0.1) is 6.92 Å². The highest BCUT2D eigenvalue weighted by molar-refractivity contribution is 9.10. The lowest BCUT2D eigenvalue weighted by Crippen LogP contribution is -2.22. The van der Waals surface area contributed by atoms with Gasteiger partial charge in [0.2, 0.25) is 0 Å². The monoisotopic (exact) mass is 403 g/mol. The Morgan fingerprint density at radius 1 is 1.12 bits per heavy atom. The van der Waals surface area contributed by atoms with Crippen LogP contribution in [0.2, 0.25) is 5.02 Å². The molecule has 0 aliphatic rings. The third-order valence-corrected chi connectivity index (χ3v) is 4.44. The average Bonchev–Trinajstić information content (AvgIpc) is 2.96. The number of rotatable bonds is 4. The largest absolute Gasteiger partial charge is 0.461 e. The Morgan fingerprint density at radius 2 is 1.79 bits per heavy atom. The zero-order chi connectivity index (χ0) is 17.1. The van der Waals surface area contributed by atoms with E-state index < -0.39 is 0 Å². The van der Waals surface area contributed by atoms with Gasteiger partial charge in [-0.1, -0.05) is 51.8 Å². The molecule has 3 rings (SSSR count). The Bertz CT molecular complexity index is 854. The molecule has 0 bridgehead atoms. The molecule has 0 spiro atoms. The molecule has 0 unspecified atom stereocenters. The van der Waals surface area contributed by atoms with E-state index in [4.69, 9.17) is 16.0 Å². The van der Waals surface area contributed by atoms with Gasteiger partial charge in [0.05, 0.1) is 5.56 Å². The average molecular weight is 405 g/mol. The summed E-state index contributed by atoms with van der Waals surface area (Å²) >= 11 is 9.26. The summed E-state index contributed by atoms with van der Waals surface area (Å²) in [4.78, 5) is 12.4. The number of carbonyl (C=O) groups is 1. The fourth-order valence-electron chi connectivity index (χ4n) is 2.34. The molecule has 0 fully saturated rings. The van der Waals surface area contributed by atoms with Gasteiger partial charge in [0, 0.05) is 21.6 Å². The summed E-state index contributed by atoms with van der Waals surface area (Å²) < 4.78 is 6.73. The number of furan rings is 1. The maximum atomic E-state index is 12.4. The van der Waals surface area contributed by atoms with Crippen LogP contribution in [0.5, 0.6) is 0 Å². The number of halogens is 2. The van der Waals surface area contributed by atoms with Crippen molar-refractivity contribution in [2.75, 3.05) is 0 Å². The van der Waals surface area contributed by atoms with Crippen LogP contribution in [-0.2, 0) is 6.54 Å². The molecule has 0 aliphatic carbocycles. The molecule has 122 valence electrons. The van der Waals surface area contributed by atoms with Gasteiger partial charge in [0.15, 0.2) is 0 Å². The standard InChI is InChI=1S/C19H15BrClNO2/c1-12-17(10-18(24-12)14-4-6-15(20)7-5-14)19(23)22-11-13-2-8-16(21)9-3-13/h2-10H,11H2,1H3,(H,22,23). The molecular formula is C19H15BrClNO2. The third kappa shape index (κ3) is 3.89. The summed E-state index contributed by atoms with van der Waals surface area (Å²) in [6, 6.07) is 16.9. The van der Waals surface area contributed by atoms with Crippen LogP contribution in [-0.4, -0.2) is 5.91 Å². The van der Waals surface area contributed by atoms with E-state index in [2.05, 4.69) is 21.2 Å². The molecule has 0 saturated heterocycles. The molecule has 1 aromatic heterocycles. The van der Waals surface area contributed by atoms with E-state index in [1.807, 2.05) is 36.4 Å². The van der Waals surface area contributed by atoms with Crippen LogP contribution in [0.3, 0.4) is 0 Å². The van der Waals surface area contributed by atoms with Gasteiger partial charge in [-0.05, 0) is 42.8 Å². The molecule has 0 saturated carbocycles. The first kappa shape index (κ1) is 16.8. The number of carbonyl (C=O) groups excluding carboxylic acids is 1. The zero-order valence-electron chi connectivity index (χ0n) is 13.0. The summed E-state index contributed by atoms with van der Waals surface area (Å²) in [6.45, 7) is 2.23. The van der Waals surface area contributed by atoms with Crippen LogP contribution in [0.25, 0.3) is 11.3 Å². The molecule has 0 atom stereocenters. The molecule has 3 aromatic rings. The maximum Gasteiger partial charge on any atom is 0.255 e. The number of aryl methyl sites for hydroxylation is 1. The van der Waals surface area contributed by atoms with Crippen LogP contribution in [0.15, 0.2) is 63.5 Å². The quantitative estimate of drug-likeness (QED) is 0.615. The normalized spacial score (nSPS) is 10.6. The highest BCUT2D eigenvalue weighted by Crippen LogP contribution is 2.26. The first-order valence-corrected chi connectivity index (χ1v) is 8.59. The predicted molar refractivity (Wildman–Crippen MR) is 99.2 cm³/mol. The molecule has 1 heterocycles. The number of nitrogens with one attached hydrogen (secondary N) is 1. The maximum absolute atomic E-state index is 12.4. The van der Waals surface area contributed by atoms with Crippen molar-refractivity contribution in [1.82, 2.24) is 5.32 Å². The highest BCUT2D eigenvalue weighted by Gasteiger charge is 2.15. The molecule has 24 heavy (non-hydrogen) atoms. The fourth-order valence-corrected chi connectivity index (χ4v) is 2.73. The summed E-state index contributed by atoms with van der Waals surface area (Å²) in [5.74, 6) is 1.12. The van der Waals surface area contributed by atoms with E-state index >= 15 is 0 Å². The van der Waals surface area contributed by atoms with Crippen molar-refractivity contribution in [2.45, 2.75) is 13.5 Å². The van der Waals surface area contributed by atoms with Crippen LogP contribution in [0.1, 0.15) is 21.7 Å². The number of hydrogen-bond acceptors (Lipinski definition) is 2. The molecule has 5 heteroatoms. The van der Waals surface area contributed by atoms with Gasteiger partial charge in [-0.15, -0.1) is 0 Å². The van der Waals surface area contributed by atoms with Crippen molar-refractivity contribution in [3.05, 3.63) is 81.0 Å². The van der Waals surface area contributed by atoms with E-state index in [9.17, 15) is 4.79 Å². The summed E-state index contributed by atoms with van der Waals surface area (Å²) in [5.41, 5.74) is 2.46. The molecule has 1 N–H and O–H groups in total. The highest BCUT2D eigenvalue weighted by atomic mass is 79.9. The van der Waals surface area contributed by atoms with Gasteiger partial charge in [0.25, 0.3) is 5.91 Å². The smallest absolute Gasteiger partial charge is 0.255 e. The van der Waals surface area contributed by atoms with E-state index in [0.29, 0.717) is 28.7 Å². The third-order valence-electron chi connectivity index (χ3n) is 3.66. The van der Waals surface area contributed by atoms with E-state index in [1.54, 1.807) is 25.1 Å². The Balaban J connectivity index is 1.73. The van der Waals surface area contributed by atoms with E-state index in [-0.39, 0.29) is 5.91 Å². The van der Waals surface area contributed by atoms with Crippen molar-refractivity contribution in [3.63, 3.8) is 0 Å². The van der Waals surface area contributed by atoms with E-state index in [1.165, 1.54) is 0 Å². The predicted octanol–water partition coefficient (Wildman–Crippen LogP) is 5.60. The van der Waals surface area contributed by atoms with Gasteiger partial charge in [-0.25, -0.2) is 0 Å². The summed E-state index contributed by atoms with van der Waals surface area (Å²) in [5, 5.41) is 3.58. The zero-order valence-corrected chi connectivity index (χ0v) is 15.3. The second-order valence-corrected chi connectivity index (χ2v) is 6.75. The number of hydrogen-bond donors (Lipinski definition) is 1. The van der Waals surface area contributed by atoms with Crippen LogP contribution < -0.4 is 5.32 Å². The second-order valence-electron chi connectivity index (χ2n) is 5.40. The molecule has 1 amide bonds. The molecular weight excluding hydrogens is 390 g/mol. The summed E-state index contributed by atoms with van der Waals surface area (Å²) in [7, 11) is 0. The Morgan fingerprint density at radius 3 is 2.46 bits per heavy atom. The molecule has 0 aliphatic heterocycles. The van der Waals surface area contributed by atoms with Crippen molar-refractivity contribution < 1.29 is 9.21 Å². The Hall–Kier alpha value is -2.04. The fraction of sp³-hybridized carbons (Fsp3) is 0.105. The Labute approximate surface area is 153 Å². The number of amides is 1. The van der Waals surface area contributed by atoms with Crippen molar-refractivity contribution in [3.8, 4) is 11.3 Å². The van der Waals surface area contributed by atoms with Crippen molar-refractivity contribution in [1.29, 1.82) is 0 Å². The number of benzene rings is 2. The minimum Gasteiger partial charge on any atom is -0.461 e. The van der Waals surface area contributed by atoms with Gasteiger partial charge in [-0.2, -0.15) is 0 Å². The van der Waals surface area contributed by atoms with Gasteiger partial charge < -0.3 is 9.73 Å². The van der Waals surface area contributed by atoms with Crippen molar-refractivity contribution in [2.24, 2.45) is 0 Å². The lowest BCUT2D eigenvalue weighted by molar-refractivity contribution is 0.0949. The lowest BCUT2D eigenvalue weighted by atomic mass is 10.1. The van der Waals surface area contributed by atoms with E-state index in [0.717, 1.165) is 15.6 Å². The molecule has 2 aromatic carbocycles. The topological polar surface area (TPSA) is 42.2 Å². The first-order chi connectivity index (χ1) is 11.5. The minimum atomic E-state index is -0.158. The van der Waals surface area contributed by atoms with Crippen LogP contribution in [0.4, 0.5) is 0 Å². The Kier molecular flexibility index (Phi) is 5.07. The summed E-state index contributed by atoms with van der Waals surface area (Å²) in [6.07, 6.45) is 0. The second kappa shape index (κ2) is 7.24. The minimum absolute atomic E-state index is 0.158. The lowest BCUT2D eigenvalue weighted by Gasteiger charge is -2.04. The van der Waals surface area contributed by atoms with Gasteiger partial charge in [-0.3, -0.25) is 4.79 Å². The van der Waals surface area contributed by atoms with Gasteiger partial charge >= 0.3 is 0 Å². The van der Waals surface area contributed by atoms with Crippen molar-refractivity contribution >= 4 is 33.4 Å². The first-order valence-electron chi connectivity index (χ1n) is 7.42. The van der Waals surface area contributed by atoms with Gasteiger partial charge in [0.1, 0.15) is 11.5 Å². The van der Waals surface area contributed by atoms with Crippen LogP contribution >= 0.6 is 27.5 Å². The molecule has 0 radical (unpaired) electrons. The SMILES string of the molecule is Cc1oc(-c2ccc(Br)cc2)cc1C(=O)NCc1ccc(Cl)cc1. The molecule has 3 nitrogen and oxygen atoms in total.